The van der Waals surface area contributed by atoms with Crippen LogP contribution in [0.1, 0.15) is 43.8 Å². The molecule has 3 heterocycles. The molecule has 5 N–H and O–H groups in total. The number of unbranched alkanes of at least 4 members (excludes halogenated alkanes) is 3. The van der Waals surface area contributed by atoms with Gasteiger partial charge in [-0.1, -0.05) is 54.9 Å². The van der Waals surface area contributed by atoms with Crippen LogP contribution >= 0.6 is 23.5 Å². The average molecular weight is 576 g/mol. The van der Waals surface area contributed by atoms with Crippen molar-refractivity contribution >= 4 is 47.2 Å². The molecule has 39 heavy (non-hydrogen) atoms. The van der Waals surface area contributed by atoms with Gasteiger partial charge in [0.2, 0.25) is 11.1 Å². The lowest BCUT2D eigenvalue weighted by molar-refractivity contribution is -0.151. The smallest absolute Gasteiger partial charge is 0.352 e. The Balaban J connectivity index is 1.34. The largest absolute Gasteiger partial charge is 0.477 e. The van der Waals surface area contributed by atoms with E-state index >= 15 is 0 Å². The van der Waals surface area contributed by atoms with Crippen molar-refractivity contribution in [1.29, 1.82) is 0 Å². The van der Waals surface area contributed by atoms with Crippen LogP contribution in [0.5, 0.6) is 0 Å². The quantitative estimate of drug-likeness (QED) is 0.140. The van der Waals surface area contributed by atoms with Crippen molar-refractivity contribution in [3.63, 3.8) is 0 Å². The van der Waals surface area contributed by atoms with E-state index in [0.717, 1.165) is 25.7 Å². The van der Waals surface area contributed by atoms with Crippen molar-refractivity contribution in [1.82, 2.24) is 30.4 Å². The predicted octanol–water partition coefficient (Wildman–Crippen LogP) is 0.673. The summed E-state index contributed by atoms with van der Waals surface area (Å²) in [6.45, 7) is 0.578. The van der Waals surface area contributed by atoms with Crippen LogP contribution in [0.4, 0.5) is 0 Å². The second kappa shape index (κ2) is 13.1. The molecular formula is C24H29N7O6S2. The van der Waals surface area contributed by atoms with E-state index in [0.29, 0.717) is 35.0 Å². The van der Waals surface area contributed by atoms with Gasteiger partial charge in [0.25, 0.3) is 11.8 Å². The second-order valence-electron chi connectivity index (χ2n) is 9.07. The van der Waals surface area contributed by atoms with Gasteiger partial charge < -0.3 is 21.3 Å². The summed E-state index contributed by atoms with van der Waals surface area (Å²) < 4.78 is 1.65. The predicted molar refractivity (Wildman–Crippen MR) is 142 cm³/mol. The molecule has 208 valence electrons. The minimum absolute atomic E-state index is 0.0983. The number of aliphatic hydroxyl groups excluding tert-OH is 1. The minimum atomic E-state index is -1.44. The highest BCUT2D eigenvalue weighted by Crippen LogP contribution is 2.41. The zero-order valence-electron chi connectivity index (χ0n) is 20.9. The fourth-order valence-corrected chi connectivity index (χ4v) is 6.71. The van der Waals surface area contributed by atoms with E-state index in [9.17, 15) is 29.4 Å². The first-order valence-corrected chi connectivity index (χ1v) is 14.4. The van der Waals surface area contributed by atoms with E-state index in [1.54, 1.807) is 35.0 Å². The maximum Gasteiger partial charge on any atom is 0.352 e. The number of aryl methyl sites for hydroxylation is 1. The van der Waals surface area contributed by atoms with Gasteiger partial charge in [0.1, 0.15) is 17.1 Å². The van der Waals surface area contributed by atoms with Crippen molar-refractivity contribution in [3.8, 4) is 0 Å². The summed E-state index contributed by atoms with van der Waals surface area (Å²) in [4.78, 5) is 49.6. The van der Waals surface area contributed by atoms with Gasteiger partial charge in [-0.3, -0.25) is 19.3 Å². The minimum Gasteiger partial charge on any atom is -0.477 e. The van der Waals surface area contributed by atoms with Crippen molar-refractivity contribution in [2.24, 2.45) is 5.73 Å². The van der Waals surface area contributed by atoms with E-state index in [-0.39, 0.29) is 17.4 Å². The monoisotopic (exact) mass is 575 g/mol. The Kier molecular flexibility index (Phi) is 9.59. The molecule has 3 amide bonds. The molecule has 2 aliphatic rings. The highest BCUT2D eigenvalue weighted by molar-refractivity contribution is 8.01. The number of primary amides is 1. The van der Waals surface area contributed by atoms with Gasteiger partial charge in [-0.25, -0.2) is 9.48 Å². The molecule has 0 saturated carbocycles. The molecule has 2 aromatic rings. The molecule has 1 unspecified atom stereocenters. The number of benzene rings is 1. The number of rotatable bonds is 14. The van der Waals surface area contributed by atoms with Crippen LogP contribution in [-0.2, 0) is 25.7 Å². The summed E-state index contributed by atoms with van der Waals surface area (Å²) in [5.74, 6) is -2.18. The van der Waals surface area contributed by atoms with E-state index < -0.39 is 35.3 Å². The molecule has 0 radical (unpaired) electrons. The molecule has 1 saturated heterocycles. The van der Waals surface area contributed by atoms with Gasteiger partial charge >= 0.3 is 5.97 Å². The summed E-state index contributed by atoms with van der Waals surface area (Å²) in [6.07, 6.45) is 2.24. The zero-order valence-corrected chi connectivity index (χ0v) is 22.6. The first kappa shape index (κ1) is 28.6. The van der Waals surface area contributed by atoms with Crippen LogP contribution in [0.3, 0.4) is 0 Å². The number of amides is 3. The first-order chi connectivity index (χ1) is 18.8. The van der Waals surface area contributed by atoms with E-state index in [4.69, 9.17) is 5.73 Å². The topological polar surface area (TPSA) is 194 Å². The number of carbonyl (C=O) groups is 4. The van der Waals surface area contributed by atoms with Crippen LogP contribution in [-0.4, -0.2) is 81.9 Å². The number of β-lactam (4-membered cyclic amide) rings is 1. The Hall–Kier alpha value is -3.43. The molecule has 0 spiro atoms. The van der Waals surface area contributed by atoms with E-state index in [2.05, 4.69) is 20.8 Å². The number of aromatic nitrogens is 4. The first-order valence-electron chi connectivity index (χ1n) is 12.4. The van der Waals surface area contributed by atoms with E-state index in [1.165, 1.54) is 28.4 Å². The lowest BCUT2D eigenvalue weighted by Gasteiger charge is -2.49. The number of aliphatic carboxylic acids is 1. The number of nitrogens with one attached hydrogen (secondary N) is 1. The Morgan fingerprint density at radius 2 is 1.92 bits per heavy atom. The third-order valence-electron chi connectivity index (χ3n) is 6.33. The molecule has 15 heteroatoms. The van der Waals surface area contributed by atoms with Gasteiger partial charge in [-0.05, 0) is 34.4 Å². The van der Waals surface area contributed by atoms with Crippen molar-refractivity contribution in [3.05, 3.63) is 47.2 Å². The number of hydrogen-bond acceptors (Lipinski definition) is 10. The average Bonchev–Trinajstić information content (AvgIpc) is 3.38. The molecule has 1 aromatic carbocycles. The third-order valence-corrected chi connectivity index (χ3v) is 8.71. The SMILES string of the molecule is NC(=O)CCCCCCn1nnnc1SCC1=C(C(=O)O)N2C(=O)C(NC(=O)[C@H](O)c3ccccc3)[C@H]2SC1. The van der Waals surface area contributed by atoms with E-state index in [1.807, 2.05) is 0 Å². The second-order valence-corrected chi connectivity index (χ2v) is 11.1. The summed E-state index contributed by atoms with van der Waals surface area (Å²) in [7, 11) is 0. The Labute approximate surface area is 232 Å². The highest BCUT2D eigenvalue weighted by atomic mass is 32.2. The van der Waals surface area contributed by atoms with Gasteiger partial charge in [-0.2, -0.15) is 0 Å². The number of fused-ring (bicyclic) bond motifs is 1. The number of hydrogen-bond donors (Lipinski definition) is 4. The maximum atomic E-state index is 12.9. The number of carboxylic acid groups (broad SMARTS) is 1. The number of carbonyl (C=O) groups excluding carboxylic acids is 3. The van der Waals surface area contributed by atoms with Crippen molar-refractivity contribution < 1.29 is 29.4 Å². The maximum absolute atomic E-state index is 12.9. The molecule has 0 bridgehead atoms. The zero-order chi connectivity index (χ0) is 27.9. The molecule has 0 aliphatic carbocycles. The molecule has 2 aliphatic heterocycles. The highest BCUT2D eigenvalue weighted by Gasteiger charge is 2.54. The van der Waals surface area contributed by atoms with Crippen LogP contribution in [0.2, 0.25) is 0 Å². The number of nitrogens with zero attached hydrogens (tertiary/aromatic N) is 5. The molecular weight excluding hydrogens is 546 g/mol. The van der Waals surface area contributed by atoms with Crippen molar-refractivity contribution in [2.75, 3.05) is 11.5 Å². The molecule has 1 fully saturated rings. The van der Waals surface area contributed by atoms with Gasteiger partial charge in [0, 0.05) is 24.5 Å². The normalized spacial score (nSPS) is 19.3. The third kappa shape index (κ3) is 6.78. The Morgan fingerprint density at radius 1 is 1.18 bits per heavy atom. The van der Waals surface area contributed by atoms with Gasteiger partial charge in [0.05, 0.1) is 0 Å². The molecule has 3 atom stereocenters. The fourth-order valence-electron chi connectivity index (χ4n) is 4.32. The Bertz CT molecular complexity index is 1250. The number of carboxylic acids is 1. The summed E-state index contributed by atoms with van der Waals surface area (Å²) >= 11 is 2.64. The number of aliphatic hydroxyl groups is 1. The Morgan fingerprint density at radius 3 is 2.64 bits per heavy atom. The standard InChI is InChI=1S/C24H29N7O6S2/c25-16(32)10-6-1-2-7-11-30-24(27-28-29-30)39-13-15-12-38-22-17(21(35)31(22)18(15)23(36)37)26-20(34)19(33)14-8-4-3-5-9-14/h3-5,8-9,17,19,22,33H,1-2,6-7,10-13H2,(H2,25,32)(H,26,34)(H,36,37)/t17?,19-,22-/m1/s1. The van der Waals surface area contributed by atoms with Gasteiger partial charge in [0.15, 0.2) is 6.10 Å². The van der Waals surface area contributed by atoms with Crippen LogP contribution in [0.25, 0.3) is 0 Å². The van der Waals surface area contributed by atoms with Crippen LogP contribution < -0.4 is 11.1 Å². The lowest BCUT2D eigenvalue weighted by atomic mass is 10.0. The number of nitrogens with two attached hydrogens (primary N) is 1. The molecule has 1 aromatic heterocycles. The summed E-state index contributed by atoms with van der Waals surface area (Å²) in [6, 6.07) is 7.42. The molecule has 4 rings (SSSR count). The summed E-state index contributed by atoms with van der Waals surface area (Å²) in [5.41, 5.74) is 6.00. The fraction of sp³-hybridized carbons (Fsp3) is 0.458. The van der Waals surface area contributed by atoms with Crippen molar-refractivity contribution in [2.45, 2.75) is 61.3 Å². The number of thioether (sulfide) groups is 2. The summed E-state index contributed by atoms with van der Waals surface area (Å²) in [5, 5.41) is 34.5. The number of tetrazole rings is 1. The van der Waals surface area contributed by atoms with Gasteiger partial charge in [-0.15, -0.1) is 16.9 Å². The van der Waals surface area contributed by atoms with Crippen LogP contribution in [0.15, 0.2) is 46.8 Å². The molecule has 13 nitrogen and oxygen atoms in total. The van der Waals surface area contributed by atoms with Crippen LogP contribution in [0, 0.1) is 0 Å². The lowest BCUT2D eigenvalue weighted by Crippen LogP contribution is -2.70.